The first-order valence-corrected chi connectivity index (χ1v) is 6.92. The monoisotopic (exact) mass is 271 g/mol. The third kappa shape index (κ3) is 5.16. The van der Waals surface area contributed by atoms with Crippen LogP contribution < -0.4 is 5.73 Å². The Hall–Kier alpha value is -1.14. The van der Waals surface area contributed by atoms with Crippen molar-refractivity contribution >= 4 is 11.9 Å². The fraction of sp³-hybridized carbons (Fsp3) is 0.846. The van der Waals surface area contributed by atoms with Crippen LogP contribution in [0.15, 0.2) is 0 Å². The minimum atomic E-state index is -0.167. The summed E-state index contributed by atoms with van der Waals surface area (Å²) in [6, 6.07) is 0.304. The number of nitrogens with two attached hydrogens (primary N) is 1. The Morgan fingerprint density at radius 3 is 2.84 bits per heavy atom. The maximum Gasteiger partial charge on any atom is 0.307 e. The molecule has 0 aromatic rings. The number of esters is 1. The molecule has 1 heterocycles. The van der Waals surface area contributed by atoms with E-state index in [2.05, 4.69) is 4.90 Å². The number of amides is 1. The third-order valence-electron chi connectivity index (χ3n) is 3.52. The molecule has 0 aromatic heterocycles. The van der Waals surface area contributed by atoms with Crippen LogP contribution in [0, 0.1) is 0 Å². The maximum absolute atomic E-state index is 11.6. The van der Waals surface area contributed by atoms with Crippen molar-refractivity contribution in [1.82, 2.24) is 9.80 Å². The standard InChI is InChI=1S/C13H25N3O3/c1-3-19-13(18)6-8-15(2)11-5-4-7-16(10-11)12(17)9-14/h11H,3-10,14H2,1-2H3. The van der Waals surface area contributed by atoms with Gasteiger partial charge in [0.05, 0.1) is 19.6 Å². The summed E-state index contributed by atoms with van der Waals surface area (Å²) in [5, 5.41) is 0. The summed E-state index contributed by atoms with van der Waals surface area (Å²) in [4.78, 5) is 26.9. The van der Waals surface area contributed by atoms with Crippen LogP contribution in [-0.4, -0.2) is 67.6 Å². The third-order valence-corrected chi connectivity index (χ3v) is 3.52. The number of likely N-dealkylation sites (tertiary alicyclic amines) is 1. The van der Waals surface area contributed by atoms with Crippen molar-refractivity contribution in [2.24, 2.45) is 5.73 Å². The molecule has 0 radical (unpaired) electrons. The Morgan fingerprint density at radius 2 is 2.21 bits per heavy atom. The van der Waals surface area contributed by atoms with E-state index in [9.17, 15) is 9.59 Å². The Bertz CT molecular complexity index is 310. The molecule has 6 heteroatoms. The molecule has 0 aromatic carbocycles. The largest absolute Gasteiger partial charge is 0.466 e. The predicted octanol–water partition coefficient (Wildman–Crippen LogP) is -0.179. The van der Waals surface area contributed by atoms with Gasteiger partial charge in [0, 0.05) is 25.7 Å². The normalized spacial score (nSPS) is 19.6. The van der Waals surface area contributed by atoms with Gasteiger partial charge in [-0.1, -0.05) is 0 Å². The highest BCUT2D eigenvalue weighted by molar-refractivity contribution is 5.78. The van der Waals surface area contributed by atoms with E-state index in [4.69, 9.17) is 10.5 Å². The van der Waals surface area contributed by atoms with Crippen LogP contribution in [0.1, 0.15) is 26.2 Å². The minimum Gasteiger partial charge on any atom is -0.466 e. The molecule has 1 aliphatic heterocycles. The maximum atomic E-state index is 11.6. The van der Waals surface area contributed by atoms with Crippen LogP contribution in [0.2, 0.25) is 0 Å². The number of nitrogens with zero attached hydrogens (tertiary/aromatic N) is 2. The summed E-state index contributed by atoms with van der Waals surface area (Å²) in [5.41, 5.74) is 5.39. The molecule has 1 aliphatic rings. The molecule has 0 spiro atoms. The second-order valence-electron chi connectivity index (χ2n) is 4.88. The number of ether oxygens (including phenoxy) is 1. The molecule has 1 unspecified atom stereocenters. The van der Waals surface area contributed by atoms with Crippen LogP contribution in [0.4, 0.5) is 0 Å². The number of hydrogen-bond donors (Lipinski definition) is 1. The number of carbonyl (C=O) groups is 2. The molecule has 0 aliphatic carbocycles. The summed E-state index contributed by atoms with van der Waals surface area (Å²) in [7, 11) is 1.99. The second kappa shape index (κ2) is 8.12. The van der Waals surface area contributed by atoms with Crippen LogP contribution >= 0.6 is 0 Å². The van der Waals surface area contributed by atoms with Crippen molar-refractivity contribution in [2.45, 2.75) is 32.2 Å². The second-order valence-corrected chi connectivity index (χ2v) is 4.88. The summed E-state index contributed by atoms with van der Waals surface area (Å²) in [5.74, 6) is -0.163. The Kier molecular flexibility index (Phi) is 6.80. The molecule has 6 nitrogen and oxygen atoms in total. The van der Waals surface area contributed by atoms with Gasteiger partial charge < -0.3 is 20.3 Å². The average Bonchev–Trinajstić information content (AvgIpc) is 2.44. The van der Waals surface area contributed by atoms with Gasteiger partial charge in [0.15, 0.2) is 0 Å². The van der Waals surface area contributed by atoms with Gasteiger partial charge in [-0.15, -0.1) is 0 Å². The first kappa shape index (κ1) is 15.9. The lowest BCUT2D eigenvalue weighted by Crippen LogP contribution is -2.50. The SMILES string of the molecule is CCOC(=O)CCN(C)C1CCCN(C(=O)CN)C1. The van der Waals surface area contributed by atoms with E-state index in [1.54, 1.807) is 6.92 Å². The van der Waals surface area contributed by atoms with Crippen LogP contribution in [0.3, 0.4) is 0 Å². The summed E-state index contributed by atoms with van der Waals surface area (Å²) in [6.07, 6.45) is 2.43. The molecular weight excluding hydrogens is 246 g/mol. The Balaban J connectivity index is 2.37. The van der Waals surface area contributed by atoms with E-state index in [1.807, 2.05) is 11.9 Å². The first-order valence-electron chi connectivity index (χ1n) is 6.92. The van der Waals surface area contributed by atoms with Crippen LogP contribution in [0.5, 0.6) is 0 Å². The van der Waals surface area contributed by atoms with E-state index < -0.39 is 0 Å². The van der Waals surface area contributed by atoms with Gasteiger partial charge in [-0.05, 0) is 26.8 Å². The minimum absolute atomic E-state index is 0.00323. The quantitative estimate of drug-likeness (QED) is 0.678. The van der Waals surface area contributed by atoms with Gasteiger partial charge in [-0.25, -0.2) is 0 Å². The molecule has 1 rings (SSSR count). The molecule has 1 fully saturated rings. The topological polar surface area (TPSA) is 75.9 Å². The first-order chi connectivity index (χ1) is 9.08. The highest BCUT2D eigenvalue weighted by Crippen LogP contribution is 2.15. The lowest BCUT2D eigenvalue weighted by atomic mass is 10.0. The van der Waals surface area contributed by atoms with Gasteiger partial charge >= 0.3 is 5.97 Å². The van der Waals surface area contributed by atoms with Gasteiger partial charge in [0.1, 0.15) is 0 Å². The number of hydrogen-bond acceptors (Lipinski definition) is 5. The summed E-state index contributed by atoms with van der Waals surface area (Å²) >= 11 is 0. The van der Waals surface area contributed by atoms with Crippen molar-refractivity contribution in [3.63, 3.8) is 0 Å². The Labute approximate surface area is 114 Å². The van der Waals surface area contributed by atoms with Crippen molar-refractivity contribution in [3.8, 4) is 0 Å². The predicted molar refractivity (Wildman–Crippen MR) is 72.5 cm³/mol. The summed E-state index contributed by atoms with van der Waals surface area (Å²) in [6.45, 7) is 4.45. The zero-order valence-electron chi connectivity index (χ0n) is 11.9. The van der Waals surface area contributed by atoms with E-state index in [-0.39, 0.29) is 18.4 Å². The number of carbonyl (C=O) groups excluding carboxylic acids is 2. The molecule has 0 bridgehead atoms. The molecular formula is C13H25N3O3. The van der Waals surface area contributed by atoms with E-state index >= 15 is 0 Å². The van der Waals surface area contributed by atoms with Crippen LogP contribution in [-0.2, 0) is 14.3 Å². The highest BCUT2D eigenvalue weighted by atomic mass is 16.5. The summed E-state index contributed by atoms with van der Waals surface area (Å²) < 4.78 is 4.91. The average molecular weight is 271 g/mol. The Morgan fingerprint density at radius 1 is 1.47 bits per heavy atom. The molecule has 1 atom stereocenters. The van der Waals surface area contributed by atoms with Crippen molar-refractivity contribution in [1.29, 1.82) is 0 Å². The van der Waals surface area contributed by atoms with E-state index in [0.717, 1.165) is 19.4 Å². The van der Waals surface area contributed by atoms with E-state index in [1.165, 1.54) is 0 Å². The fourth-order valence-electron chi connectivity index (χ4n) is 2.35. The zero-order chi connectivity index (χ0) is 14.3. The smallest absolute Gasteiger partial charge is 0.307 e. The van der Waals surface area contributed by atoms with Crippen molar-refractivity contribution < 1.29 is 14.3 Å². The van der Waals surface area contributed by atoms with Gasteiger partial charge in [-0.3, -0.25) is 9.59 Å². The molecule has 19 heavy (non-hydrogen) atoms. The van der Waals surface area contributed by atoms with Gasteiger partial charge in [0.25, 0.3) is 0 Å². The molecule has 110 valence electrons. The lowest BCUT2D eigenvalue weighted by molar-refractivity contribution is -0.143. The van der Waals surface area contributed by atoms with Crippen molar-refractivity contribution in [3.05, 3.63) is 0 Å². The molecule has 2 N–H and O–H groups in total. The van der Waals surface area contributed by atoms with Gasteiger partial charge in [-0.2, -0.15) is 0 Å². The van der Waals surface area contributed by atoms with Crippen molar-refractivity contribution in [2.75, 3.05) is 39.8 Å². The molecule has 1 saturated heterocycles. The molecule has 1 amide bonds. The molecule has 0 saturated carbocycles. The number of piperidine rings is 1. The highest BCUT2D eigenvalue weighted by Gasteiger charge is 2.25. The van der Waals surface area contributed by atoms with E-state index in [0.29, 0.717) is 32.2 Å². The zero-order valence-corrected chi connectivity index (χ0v) is 11.9. The van der Waals surface area contributed by atoms with Crippen LogP contribution in [0.25, 0.3) is 0 Å². The fourth-order valence-corrected chi connectivity index (χ4v) is 2.35. The number of likely N-dealkylation sites (N-methyl/N-ethyl adjacent to an activating group) is 1. The van der Waals surface area contributed by atoms with Gasteiger partial charge in [0.2, 0.25) is 5.91 Å². The lowest BCUT2D eigenvalue weighted by Gasteiger charge is -2.37. The number of rotatable bonds is 6.